The maximum absolute atomic E-state index is 12.7. The van der Waals surface area contributed by atoms with Crippen LogP contribution in [0.1, 0.15) is 22.8 Å². The van der Waals surface area contributed by atoms with Gasteiger partial charge in [0.15, 0.2) is 5.69 Å². The van der Waals surface area contributed by atoms with E-state index in [0.717, 1.165) is 12.0 Å². The number of aromatic nitrogens is 5. The summed E-state index contributed by atoms with van der Waals surface area (Å²) in [6.07, 6.45) is 2.56. The number of hydrogen-bond donors (Lipinski definition) is 0. The van der Waals surface area contributed by atoms with Gasteiger partial charge < -0.3 is 9.42 Å². The zero-order chi connectivity index (χ0) is 20.5. The Hall–Kier alpha value is -3.52. The lowest BCUT2D eigenvalue weighted by Crippen LogP contribution is -2.29. The lowest BCUT2D eigenvalue weighted by Gasteiger charge is -2.16. The molecule has 1 saturated heterocycles. The van der Waals surface area contributed by atoms with Crippen molar-refractivity contribution in [3.8, 4) is 23.0 Å². The zero-order valence-electron chi connectivity index (χ0n) is 15.8. The molecule has 0 saturated carbocycles. The molecular weight excluding hydrogens is 404 g/mol. The molecule has 0 unspecified atom stereocenters. The summed E-state index contributed by atoms with van der Waals surface area (Å²) in [5, 5.41) is 13.0. The van der Waals surface area contributed by atoms with Crippen molar-refractivity contribution in [2.75, 3.05) is 13.1 Å². The van der Waals surface area contributed by atoms with E-state index in [2.05, 4.69) is 20.5 Å². The molecular formula is C21H17ClN6O2. The van der Waals surface area contributed by atoms with Crippen LogP contribution in [0.4, 0.5) is 0 Å². The van der Waals surface area contributed by atoms with E-state index in [0.29, 0.717) is 41.1 Å². The van der Waals surface area contributed by atoms with Gasteiger partial charge in [-0.05, 0) is 24.6 Å². The molecule has 3 heterocycles. The summed E-state index contributed by atoms with van der Waals surface area (Å²) < 4.78 is 7.11. The fourth-order valence-electron chi connectivity index (χ4n) is 3.53. The molecule has 0 aliphatic carbocycles. The number of carbonyl (C=O) groups is 1. The number of halogens is 1. The third-order valence-corrected chi connectivity index (χ3v) is 5.32. The van der Waals surface area contributed by atoms with Crippen LogP contribution in [0.3, 0.4) is 0 Å². The predicted octanol–water partition coefficient (Wildman–Crippen LogP) is 3.74. The standard InChI is InChI=1S/C21H17ClN6O2/c22-16-8-4-7-15(11-16)21(29)27-10-9-17(12-27)28-13-18(24-26-28)20-23-19(25-30-20)14-5-2-1-3-6-14/h1-8,11,13,17H,9-10,12H2/t17-/m0/s1. The summed E-state index contributed by atoms with van der Waals surface area (Å²) in [4.78, 5) is 18.9. The second kappa shape index (κ2) is 7.72. The molecule has 1 atom stereocenters. The van der Waals surface area contributed by atoms with Crippen molar-refractivity contribution in [1.29, 1.82) is 0 Å². The normalized spacial score (nSPS) is 16.2. The lowest BCUT2D eigenvalue weighted by molar-refractivity contribution is 0.0787. The van der Waals surface area contributed by atoms with Crippen LogP contribution < -0.4 is 0 Å². The first-order chi connectivity index (χ1) is 14.7. The zero-order valence-corrected chi connectivity index (χ0v) is 16.6. The van der Waals surface area contributed by atoms with Gasteiger partial charge in [0.25, 0.3) is 11.8 Å². The molecule has 8 nitrogen and oxygen atoms in total. The van der Waals surface area contributed by atoms with Crippen molar-refractivity contribution in [2.45, 2.75) is 12.5 Å². The molecule has 2 aromatic heterocycles. The third-order valence-electron chi connectivity index (χ3n) is 5.08. The molecule has 5 rings (SSSR count). The molecule has 4 aromatic rings. The van der Waals surface area contributed by atoms with E-state index in [1.807, 2.05) is 30.3 Å². The van der Waals surface area contributed by atoms with Crippen molar-refractivity contribution in [3.63, 3.8) is 0 Å². The minimum atomic E-state index is -0.0373. The summed E-state index contributed by atoms with van der Waals surface area (Å²) >= 11 is 6.01. The fraction of sp³-hybridized carbons (Fsp3) is 0.190. The van der Waals surface area contributed by atoms with Crippen LogP contribution in [0.15, 0.2) is 65.3 Å². The number of hydrogen-bond acceptors (Lipinski definition) is 6. The Balaban J connectivity index is 1.30. The molecule has 0 spiro atoms. The third kappa shape index (κ3) is 3.57. The van der Waals surface area contributed by atoms with Gasteiger partial charge in [0, 0.05) is 29.2 Å². The highest BCUT2D eigenvalue weighted by molar-refractivity contribution is 6.30. The summed E-state index contributed by atoms with van der Waals surface area (Å²) in [5.74, 6) is 0.772. The maximum atomic E-state index is 12.7. The second-order valence-electron chi connectivity index (χ2n) is 7.08. The molecule has 150 valence electrons. The number of likely N-dealkylation sites (tertiary alicyclic amines) is 1. The minimum Gasteiger partial charge on any atom is -0.336 e. The highest BCUT2D eigenvalue weighted by Crippen LogP contribution is 2.26. The maximum Gasteiger partial charge on any atom is 0.280 e. The summed E-state index contributed by atoms with van der Waals surface area (Å²) in [6.45, 7) is 1.19. The molecule has 0 N–H and O–H groups in total. The largest absolute Gasteiger partial charge is 0.336 e. The van der Waals surface area contributed by atoms with Crippen molar-refractivity contribution in [1.82, 2.24) is 30.0 Å². The van der Waals surface area contributed by atoms with Crippen LogP contribution in [-0.4, -0.2) is 49.0 Å². The van der Waals surface area contributed by atoms with Crippen molar-refractivity contribution >= 4 is 17.5 Å². The van der Waals surface area contributed by atoms with Crippen LogP contribution in [0.2, 0.25) is 5.02 Å². The molecule has 1 amide bonds. The van der Waals surface area contributed by atoms with Crippen LogP contribution in [0.5, 0.6) is 0 Å². The van der Waals surface area contributed by atoms with Gasteiger partial charge in [-0.25, -0.2) is 4.68 Å². The minimum absolute atomic E-state index is 0.0332. The Kier molecular flexibility index (Phi) is 4.76. The highest BCUT2D eigenvalue weighted by atomic mass is 35.5. The second-order valence-corrected chi connectivity index (χ2v) is 7.51. The van der Waals surface area contributed by atoms with Gasteiger partial charge in [0.1, 0.15) is 0 Å². The molecule has 1 fully saturated rings. The molecule has 0 bridgehead atoms. The molecule has 1 aliphatic heterocycles. The number of amides is 1. The van der Waals surface area contributed by atoms with E-state index in [1.165, 1.54) is 0 Å². The monoisotopic (exact) mass is 420 g/mol. The smallest absolute Gasteiger partial charge is 0.280 e. The molecule has 0 radical (unpaired) electrons. The van der Waals surface area contributed by atoms with Gasteiger partial charge in [-0.1, -0.05) is 58.4 Å². The van der Waals surface area contributed by atoms with Crippen molar-refractivity contribution < 1.29 is 9.32 Å². The van der Waals surface area contributed by atoms with Gasteiger partial charge in [-0.2, -0.15) is 4.98 Å². The van der Waals surface area contributed by atoms with Crippen LogP contribution >= 0.6 is 11.6 Å². The quantitative estimate of drug-likeness (QED) is 0.499. The number of nitrogens with zero attached hydrogens (tertiary/aromatic N) is 6. The Bertz CT molecular complexity index is 1190. The molecule has 30 heavy (non-hydrogen) atoms. The number of carbonyl (C=O) groups excluding carboxylic acids is 1. The van der Waals surface area contributed by atoms with Crippen LogP contribution in [0.25, 0.3) is 23.0 Å². The topological polar surface area (TPSA) is 89.9 Å². The summed E-state index contributed by atoms with van der Waals surface area (Å²) in [6, 6.07) is 16.6. The molecule has 2 aromatic carbocycles. The Labute approximate surface area is 177 Å². The SMILES string of the molecule is O=C(c1cccc(Cl)c1)N1CC[C@H](n2cc(-c3nc(-c4ccccc4)no3)nn2)C1. The van der Waals surface area contributed by atoms with Gasteiger partial charge in [0.05, 0.1) is 12.2 Å². The Morgan fingerprint density at radius 2 is 2.00 bits per heavy atom. The predicted molar refractivity (Wildman–Crippen MR) is 110 cm³/mol. The Morgan fingerprint density at radius 3 is 2.83 bits per heavy atom. The summed E-state index contributed by atoms with van der Waals surface area (Å²) in [7, 11) is 0. The first-order valence-corrected chi connectivity index (χ1v) is 9.91. The average molecular weight is 421 g/mol. The van der Waals surface area contributed by atoms with Gasteiger partial charge >= 0.3 is 0 Å². The van der Waals surface area contributed by atoms with Gasteiger partial charge in [-0.3, -0.25) is 4.79 Å². The van der Waals surface area contributed by atoms with Gasteiger partial charge in [0.2, 0.25) is 5.82 Å². The van der Waals surface area contributed by atoms with E-state index in [4.69, 9.17) is 16.1 Å². The number of benzene rings is 2. The first-order valence-electron chi connectivity index (χ1n) is 9.53. The van der Waals surface area contributed by atoms with E-state index < -0.39 is 0 Å². The molecule has 9 heteroatoms. The van der Waals surface area contributed by atoms with E-state index in [9.17, 15) is 4.79 Å². The van der Waals surface area contributed by atoms with Crippen molar-refractivity contribution in [2.24, 2.45) is 0 Å². The van der Waals surface area contributed by atoms with Crippen LogP contribution in [-0.2, 0) is 0 Å². The molecule has 1 aliphatic rings. The van der Waals surface area contributed by atoms with Crippen LogP contribution in [0, 0.1) is 0 Å². The lowest BCUT2D eigenvalue weighted by atomic mass is 10.2. The fourth-order valence-corrected chi connectivity index (χ4v) is 3.72. The first kappa shape index (κ1) is 18.5. The van der Waals surface area contributed by atoms with E-state index in [-0.39, 0.29) is 11.9 Å². The van der Waals surface area contributed by atoms with Gasteiger partial charge in [-0.15, -0.1) is 5.10 Å². The van der Waals surface area contributed by atoms with E-state index in [1.54, 1.807) is 40.0 Å². The number of rotatable bonds is 4. The van der Waals surface area contributed by atoms with E-state index >= 15 is 0 Å². The van der Waals surface area contributed by atoms with Crippen molar-refractivity contribution in [3.05, 3.63) is 71.4 Å². The average Bonchev–Trinajstić information content (AvgIpc) is 3.53. The highest BCUT2D eigenvalue weighted by Gasteiger charge is 2.29. The Morgan fingerprint density at radius 1 is 1.13 bits per heavy atom. The summed E-state index contributed by atoms with van der Waals surface area (Å²) in [5.41, 5.74) is 1.96.